The SMILES string of the molecule is CC(C)(C)Oc1cc(/C=C(\C#N)C(N)=S)cc(C(C)(C)C)c1O. The molecule has 124 valence electrons. The van der Waals surface area contributed by atoms with Crippen molar-refractivity contribution >= 4 is 23.3 Å². The molecule has 1 aromatic rings. The van der Waals surface area contributed by atoms with Gasteiger partial charge in [-0.15, -0.1) is 0 Å². The van der Waals surface area contributed by atoms with Gasteiger partial charge in [-0.1, -0.05) is 33.0 Å². The minimum absolute atomic E-state index is 0.0381. The van der Waals surface area contributed by atoms with Crippen molar-refractivity contribution in [3.63, 3.8) is 0 Å². The van der Waals surface area contributed by atoms with Crippen LogP contribution >= 0.6 is 12.2 Å². The van der Waals surface area contributed by atoms with Gasteiger partial charge in [0.05, 0.1) is 5.57 Å². The second kappa shape index (κ2) is 6.59. The zero-order valence-corrected chi connectivity index (χ0v) is 15.3. The molecule has 0 aliphatic rings. The molecule has 4 nitrogen and oxygen atoms in total. The van der Waals surface area contributed by atoms with Gasteiger partial charge < -0.3 is 15.6 Å². The normalized spacial score (nSPS) is 12.7. The van der Waals surface area contributed by atoms with Crippen molar-refractivity contribution in [3.8, 4) is 17.6 Å². The van der Waals surface area contributed by atoms with E-state index in [2.05, 4.69) is 0 Å². The summed E-state index contributed by atoms with van der Waals surface area (Å²) in [5.74, 6) is 0.481. The summed E-state index contributed by atoms with van der Waals surface area (Å²) in [6, 6.07) is 5.49. The van der Waals surface area contributed by atoms with E-state index >= 15 is 0 Å². The van der Waals surface area contributed by atoms with Crippen LogP contribution < -0.4 is 10.5 Å². The van der Waals surface area contributed by atoms with Gasteiger partial charge in [-0.2, -0.15) is 5.26 Å². The number of nitrogens with two attached hydrogens (primary N) is 1. The lowest BCUT2D eigenvalue weighted by Gasteiger charge is -2.26. The fourth-order valence-corrected chi connectivity index (χ4v) is 2.12. The molecule has 23 heavy (non-hydrogen) atoms. The molecule has 0 unspecified atom stereocenters. The molecule has 0 spiro atoms. The third-order valence-electron chi connectivity index (χ3n) is 3.02. The summed E-state index contributed by atoms with van der Waals surface area (Å²) in [5, 5.41) is 19.7. The van der Waals surface area contributed by atoms with Gasteiger partial charge in [0, 0.05) is 5.56 Å². The number of ether oxygens (including phenoxy) is 1. The number of phenols is 1. The summed E-state index contributed by atoms with van der Waals surface area (Å²) in [6.07, 6.45) is 1.60. The Morgan fingerprint density at radius 2 is 1.83 bits per heavy atom. The maximum atomic E-state index is 10.6. The first kappa shape index (κ1) is 19.0. The number of thiocarbonyl (C=S) groups is 1. The van der Waals surface area contributed by atoms with Crippen LogP contribution in [0.4, 0.5) is 0 Å². The minimum atomic E-state index is -0.462. The Bertz CT molecular complexity index is 687. The predicted molar refractivity (Wildman–Crippen MR) is 97.6 cm³/mol. The first-order chi connectivity index (χ1) is 10.3. The maximum absolute atomic E-state index is 10.6. The largest absolute Gasteiger partial charge is 0.504 e. The third-order valence-corrected chi connectivity index (χ3v) is 3.24. The van der Waals surface area contributed by atoms with E-state index in [1.807, 2.05) is 53.7 Å². The molecule has 1 aromatic carbocycles. The number of phenolic OH excluding ortho intramolecular Hbond substituents is 1. The third kappa shape index (κ3) is 5.26. The molecule has 0 aliphatic carbocycles. The second-order valence-corrected chi connectivity index (χ2v) is 7.85. The Hall–Kier alpha value is -2.06. The highest BCUT2D eigenvalue weighted by atomic mass is 32.1. The van der Waals surface area contributed by atoms with Gasteiger partial charge in [-0.05, 0) is 50.0 Å². The summed E-state index contributed by atoms with van der Waals surface area (Å²) >= 11 is 4.87. The van der Waals surface area contributed by atoms with Crippen molar-refractivity contribution in [1.29, 1.82) is 5.26 Å². The van der Waals surface area contributed by atoms with Crippen molar-refractivity contribution in [2.45, 2.75) is 52.6 Å². The predicted octanol–water partition coefficient (Wildman–Crippen LogP) is 4.06. The van der Waals surface area contributed by atoms with Gasteiger partial charge in [0.2, 0.25) is 0 Å². The number of nitriles is 1. The van der Waals surface area contributed by atoms with Crippen LogP contribution in [-0.4, -0.2) is 15.7 Å². The van der Waals surface area contributed by atoms with E-state index in [0.717, 1.165) is 5.56 Å². The van der Waals surface area contributed by atoms with Crippen LogP contribution in [0.2, 0.25) is 0 Å². The number of hydrogen-bond donors (Lipinski definition) is 2. The molecule has 3 N–H and O–H groups in total. The first-order valence-electron chi connectivity index (χ1n) is 7.33. The van der Waals surface area contributed by atoms with E-state index in [9.17, 15) is 5.11 Å². The van der Waals surface area contributed by atoms with Crippen LogP contribution in [0, 0.1) is 11.3 Å². The lowest BCUT2D eigenvalue weighted by molar-refractivity contribution is 0.125. The summed E-state index contributed by atoms with van der Waals surface area (Å²) < 4.78 is 5.86. The minimum Gasteiger partial charge on any atom is -0.504 e. The van der Waals surface area contributed by atoms with Crippen LogP contribution in [0.5, 0.6) is 11.5 Å². The molecule has 0 atom stereocenters. The lowest BCUT2D eigenvalue weighted by atomic mass is 9.85. The molecular weight excluding hydrogens is 308 g/mol. The molecule has 1 rings (SSSR count). The van der Waals surface area contributed by atoms with Crippen LogP contribution in [0.25, 0.3) is 6.08 Å². The number of hydrogen-bond acceptors (Lipinski definition) is 4. The first-order valence-corrected chi connectivity index (χ1v) is 7.74. The van der Waals surface area contributed by atoms with Gasteiger partial charge >= 0.3 is 0 Å². The smallest absolute Gasteiger partial charge is 0.162 e. The molecule has 0 heterocycles. The molecular formula is C18H24N2O2S. The van der Waals surface area contributed by atoms with Gasteiger partial charge in [-0.3, -0.25) is 0 Å². The van der Waals surface area contributed by atoms with E-state index < -0.39 is 5.60 Å². The molecule has 0 aromatic heterocycles. The zero-order chi connectivity index (χ0) is 18.0. The van der Waals surface area contributed by atoms with Crippen molar-refractivity contribution in [3.05, 3.63) is 28.8 Å². The van der Waals surface area contributed by atoms with Crippen molar-refractivity contribution in [2.24, 2.45) is 5.73 Å². The molecule has 0 fully saturated rings. The molecule has 0 amide bonds. The highest BCUT2D eigenvalue weighted by molar-refractivity contribution is 7.80. The van der Waals surface area contributed by atoms with E-state index in [0.29, 0.717) is 11.3 Å². The summed E-state index contributed by atoms with van der Waals surface area (Å²) in [4.78, 5) is 0.0381. The van der Waals surface area contributed by atoms with Gasteiger partial charge in [0.1, 0.15) is 16.7 Å². The van der Waals surface area contributed by atoms with Crippen LogP contribution in [-0.2, 0) is 5.41 Å². The van der Waals surface area contributed by atoms with E-state index in [1.165, 1.54) is 0 Å². The topological polar surface area (TPSA) is 79.3 Å². The number of nitrogens with zero attached hydrogens (tertiary/aromatic N) is 1. The summed E-state index contributed by atoms with van der Waals surface area (Å²) in [5.41, 5.74) is 6.44. The van der Waals surface area contributed by atoms with Crippen molar-refractivity contribution in [2.75, 3.05) is 0 Å². The summed E-state index contributed by atoms with van der Waals surface area (Å²) in [7, 11) is 0. The molecule has 0 bridgehead atoms. The van der Waals surface area contributed by atoms with Gasteiger partial charge in [0.15, 0.2) is 11.5 Å². The number of aromatic hydroxyl groups is 1. The highest BCUT2D eigenvalue weighted by Gasteiger charge is 2.24. The Morgan fingerprint density at radius 1 is 1.26 bits per heavy atom. The molecule has 0 aliphatic heterocycles. The monoisotopic (exact) mass is 332 g/mol. The quantitative estimate of drug-likeness (QED) is 0.496. The Morgan fingerprint density at radius 3 is 2.22 bits per heavy atom. The highest BCUT2D eigenvalue weighted by Crippen LogP contribution is 2.40. The van der Waals surface area contributed by atoms with Crippen molar-refractivity contribution in [1.82, 2.24) is 0 Å². The van der Waals surface area contributed by atoms with E-state index in [4.69, 9.17) is 28.0 Å². The van der Waals surface area contributed by atoms with Crippen LogP contribution in [0.3, 0.4) is 0 Å². The van der Waals surface area contributed by atoms with Crippen LogP contribution in [0.15, 0.2) is 17.7 Å². The van der Waals surface area contributed by atoms with Gasteiger partial charge in [-0.25, -0.2) is 0 Å². The lowest BCUT2D eigenvalue weighted by Crippen LogP contribution is -2.23. The fraction of sp³-hybridized carbons (Fsp3) is 0.444. The zero-order valence-electron chi connectivity index (χ0n) is 14.5. The van der Waals surface area contributed by atoms with E-state index in [1.54, 1.807) is 12.1 Å². The average Bonchev–Trinajstić information content (AvgIpc) is 2.35. The number of rotatable bonds is 3. The maximum Gasteiger partial charge on any atom is 0.162 e. The summed E-state index contributed by atoms with van der Waals surface area (Å²) in [6.45, 7) is 11.7. The van der Waals surface area contributed by atoms with E-state index in [-0.39, 0.29) is 21.7 Å². The Kier molecular flexibility index (Phi) is 5.44. The molecule has 5 heteroatoms. The Balaban J connectivity index is 3.59. The second-order valence-electron chi connectivity index (χ2n) is 7.41. The van der Waals surface area contributed by atoms with Gasteiger partial charge in [0.25, 0.3) is 0 Å². The van der Waals surface area contributed by atoms with Crippen molar-refractivity contribution < 1.29 is 9.84 Å². The molecule has 0 radical (unpaired) electrons. The average molecular weight is 332 g/mol. The number of benzene rings is 1. The Labute approximate surface area is 143 Å². The molecule has 0 saturated carbocycles. The molecule has 0 saturated heterocycles. The standard InChI is InChI=1S/C18H24N2O2S/c1-17(2,3)13-8-11(7-12(10-19)16(20)23)9-14(15(13)21)22-18(4,5)6/h7-9,21H,1-6H3,(H2,20,23)/b12-7+. The fourth-order valence-electron chi connectivity index (χ4n) is 2.02. The van der Waals surface area contributed by atoms with Crippen LogP contribution in [0.1, 0.15) is 52.7 Å².